The summed E-state index contributed by atoms with van der Waals surface area (Å²) in [6, 6.07) is 8.44. The molecule has 2 unspecified atom stereocenters. The van der Waals surface area contributed by atoms with E-state index in [9.17, 15) is 0 Å². The Morgan fingerprint density at radius 2 is 1.79 bits per heavy atom. The fourth-order valence-electron chi connectivity index (χ4n) is 1.51. The third-order valence-corrected chi connectivity index (χ3v) is 4.86. The molecule has 0 saturated carbocycles. The fraction of sp³-hybridized carbons (Fsp3) is 0.167. The van der Waals surface area contributed by atoms with Crippen LogP contribution in [0.15, 0.2) is 42.5 Å². The van der Waals surface area contributed by atoms with E-state index in [0.29, 0.717) is 9.65 Å². The Kier molecular flexibility index (Phi) is 3.24. The molecule has 14 heavy (non-hydrogen) atoms. The first-order chi connectivity index (χ1) is 6.79. The van der Waals surface area contributed by atoms with Gasteiger partial charge in [0.2, 0.25) is 0 Å². The highest BCUT2D eigenvalue weighted by Gasteiger charge is 2.17. The lowest BCUT2D eigenvalue weighted by atomic mass is 10.0. The first kappa shape index (κ1) is 10.2. The van der Waals surface area contributed by atoms with Crippen LogP contribution in [0.5, 0.6) is 0 Å². The zero-order valence-corrected chi connectivity index (χ0v) is 10.7. The summed E-state index contributed by atoms with van der Waals surface area (Å²) in [5, 5.41) is 0. The van der Waals surface area contributed by atoms with Gasteiger partial charge in [0.05, 0.1) is 4.83 Å². The van der Waals surface area contributed by atoms with Crippen molar-refractivity contribution in [1.29, 1.82) is 0 Å². The highest BCUT2D eigenvalue weighted by molar-refractivity contribution is 9.12. The molecule has 2 atom stereocenters. The average Bonchev–Trinajstić information content (AvgIpc) is 2.22. The van der Waals surface area contributed by atoms with Crippen molar-refractivity contribution in [3.05, 3.63) is 53.6 Å². The minimum absolute atomic E-state index is 0.333. The minimum atomic E-state index is 0.333. The molecule has 0 nitrogen and oxygen atoms in total. The van der Waals surface area contributed by atoms with Crippen molar-refractivity contribution in [2.75, 3.05) is 0 Å². The van der Waals surface area contributed by atoms with Crippen LogP contribution in [0, 0.1) is 0 Å². The standard InChI is InChI=1S/C12H10Br2/c13-11-8-4-2-6-9-5-1-3-7-10(9)12(11)14/h1-8,11-12H. The number of benzene rings is 1. The lowest BCUT2D eigenvalue weighted by Crippen LogP contribution is -2.05. The fourth-order valence-corrected chi connectivity index (χ4v) is 2.57. The van der Waals surface area contributed by atoms with Crippen LogP contribution in [0.25, 0.3) is 6.08 Å². The predicted molar refractivity (Wildman–Crippen MR) is 69.0 cm³/mol. The van der Waals surface area contributed by atoms with Gasteiger partial charge in [0, 0.05) is 4.83 Å². The smallest absolute Gasteiger partial charge is 0.0561 e. The van der Waals surface area contributed by atoms with Crippen molar-refractivity contribution in [3.8, 4) is 0 Å². The number of alkyl halides is 2. The number of hydrogen-bond acceptors (Lipinski definition) is 0. The Morgan fingerprint density at radius 3 is 2.64 bits per heavy atom. The van der Waals surface area contributed by atoms with Gasteiger partial charge in [0.25, 0.3) is 0 Å². The molecule has 2 heteroatoms. The van der Waals surface area contributed by atoms with Crippen molar-refractivity contribution >= 4 is 37.9 Å². The number of rotatable bonds is 0. The molecule has 0 N–H and O–H groups in total. The van der Waals surface area contributed by atoms with E-state index in [2.05, 4.69) is 80.4 Å². The molecule has 0 saturated heterocycles. The van der Waals surface area contributed by atoms with Gasteiger partial charge >= 0.3 is 0 Å². The quantitative estimate of drug-likeness (QED) is 0.620. The molecule has 0 spiro atoms. The van der Waals surface area contributed by atoms with Crippen LogP contribution in [-0.4, -0.2) is 4.83 Å². The lowest BCUT2D eigenvalue weighted by molar-refractivity contribution is 1.02. The van der Waals surface area contributed by atoms with Crippen molar-refractivity contribution in [1.82, 2.24) is 0 Å². The topological polar surface area (TPSA) is 0 Å². The molecule has 72 valence electrons. The monoisotopic (exact) mass is 312 g/mol. The molecule has 0 bridgehead atoms. The second kappa shape index (κ2) is 4.45. The maximum atomic E-state index is 3.71. The van der Waals surface area contributed by atoms with E-state index in [1.54, 1.807) is 0 Å². The number of fused-ring (bicyclic) bond motifs is 1. The van der Waals surface area contributed by atoms with Gasteiger partial charge in [-0.2, -0.15) is 0 Å². The maximum Gasteiger partial charge on any atom is 0.0561 e. The van der Waals surface area contributed by atoms with E-state index in [1.807, 2.05) is 0 Å². The van der Waals surface area contributed by atoms with Gasteiger partial charge in [-0.1, -0.05) is 80.4 Å². The van der Waals surface area contributed by atoms with Crippen LogP contribution < -0.4 is 0 Å². The molecule has 0 aromatic heterocycles. The van der Waals surface area contributed by atoms with E-state index in [4.69, 9.17) is 0 Å². The normalized spacial score (nSPS) is 25.3. The second-order valence-electron chi connectivity index (χ2n) is 3.22. The Balaban J connectivity index is 2.51. The summed E-state index contributed by atoms with van der Waals surface area (Å²) in [5.74, 6) is 0. The predicted octanol–water partition coefficient (Wildman–Crippen LogP) is 4.47. The number of halogens is 2. The molecule has 1 aromatic carbocycles. The molecule has 2 rings (SSSR count). The summed E-state index contributed by atoms with van der Waals surface area (Å²) in [5.41, 5.74) is 2.61. The van der Waals surface area contributed by atoms with Gasteiger partial charge in [-0.3, -0.25) is 0 Å². The summed E-state index contributed by atoms with van der Waals surface area (Å²) in [7, 11) is 0. The van der Waals surface area contributed by atoms with Crippen molar-refractivity contribution in [3.63, 3.8) is 0 Å². The Bertz CT molecular complexity index is 380. The van der Waals surface area contributed by atoms with Gasteiger partial charge in [-0.15, -0.1) is 0 Å². The lowest BCUT2D eigenvalue weighted by Gasteiger charge is -2.17. The van der Waals surface area contributed by atoms with Crippen molar-refractivity contribution < 1.29 is 0 Å². The van der Waals surface area contributed by atoms with E-state index in [1.165, 1.54) is 11.1 Å². The van der Waals surface area contributed by atoms with Crippen LogP contribution in [0.1, 0.15) is 16.0 Å². The molecule has 0 heterocycles. The summed E-state index contributed by atoms with van der Waals surface area (Å²) in [4.78, 5) is 0.675. The van der Waals surface area contributed by atoms with Crippen molar-refractivity contribution in [2.45, 2.75) is 9.65 Å². The van der Waals surface area contributed by atoms with E-state index >= 15 is 0 Å². The van der Waals surface area contributed by atoms with Gasteiger partial charge in [0.1, 0.15) is 0 Å². The Morgan fingerprint density at radius 1 is 1.00 bits per heavy atom. The summed E-state index contributed by atoms with van der Waals surface area (Å²) < 4.78 is 0. The molecule has 0 aliphatic heterocycles. The molecule has 1 aliphatic carbocycles. The Hall–Kier alpha value is -0.340. The molecule has 0 fully saturated rings. The van der Waals surface area contributed by atoms with E-state index < -0.39 is 0 Å². The van der Waals surface area contributed by atoms with Crippen LogP contribution in [0.4, 0.5) is 0 Å². The minimum Gasteiger partial charge on any atom is -0.0829 e. The first-order valence-corrected chi connectivity index (χ1v) is 6.34. The van der Waals surface area contributed by atoms with E-state index in [-0.39, 0.29) is 0 Å². The largest absolute Gasteiger partial charge is 0.0829 e. The molecule has 1 aromatic rings. The average molecular weight is 314 g/mol. The molecular formula is C12H10Br2. The van der Waals surface area contributed by atoms with Gasteiger partial charge in [-0.25, -0.2) is 0 Å². The zero-order valence-electron chi connectivity index (χ0n) is 7.53. The first-order valence-electron chi connectivity index (χ1n) is 4.51. The zero-order chi connectivity index (χ0) is 9.97. The SMILES string of the molecule is BrC1C=CC=Cc2ccccc2C1Br. The highest BCUT2D eigenvalue weighted by Crippen LogP contribution is 2.35. The van der Waals surface area contributed by atoms with Gasteiger partial charge in [0.15, 0.2) is 0 Å². The Labute approximate surface area is 101 Å². The molecule has 0 amide bonds. The van der Waals surface area contributed by atoms with Crippen LogP contribution in [0.2, 0.25) is 0 Å². The number of allylic oxidation sites excluding steroid dienone is 3. The van der Waals surface area contributed by atoms with Gasteiger partial charge < -0.3 is 0 Å². The third kappa shape index (κ3) is 2.01. The van der Waals surface area contributed by atoms with Gasteiger partial charge in [-0.05, 0) is 11.1 Å². The summed E-state index contributed by atoms with van der Waals surface area (Å²) in [6.07, 6.45) is 8.43. The molecule has 1 aliphatic rings. The van der Waals surface area contributed by atoms with Crippen LogP contribution >= 0.6 is 31.9 Å². The molecule has 0 radical (unpaired) electrons. The summed E-state index contributed by atoms with van der Waals surface area (Å²) in [6.45, 7) is 0. The summed E-state index contributed by atoms with van der Waals surface area (Å²) >= 11 is 7.35. The third-order valence-electron chi connectivity index (χ3n) is 2.25. The second-order valence-corrected chi connectivity index (χ2v) is 5.26. The van der Waals surface area contributed by atoms with Crippen LogP contribution in [0.3, 0.4) is 0 Å². The van der Waals surface area contributed by atoms with Crippen LogP contribution in [-0.2, 0) is 0 Å². The van der Waals surface area contributed by atoms with E-state index in [0.717, 1.165) is 0 Å². The maximum absolute atomic E-state index is 3.71. The number of hydrogen-bond donors (Lipinski definition) is 0. The highest BCUT2D eigenvalue weighted by atomic mass is 79.9. The van der Waals surface area contributed by atoms with Crippen molar-refractivity contribution in [2.24, 2.45) is 0 Å². The molecular weight excluding hydrogens is 304 g/mol.